The minimum Gasteiger partial charge on any atom is -0.493 e. The number of nitrogens with one attached hydrogen (secondary N) is 1. The normalized spacial score (nSPS) is 16.8. The van der Waals surface area contributed by atoms with Gasteiger partial charge < -0.3 is 29.5 Å². The molecule has 0 radical (unpaired) electrons. The molecule has 2 aliphatic rings. The van der Waals surface area contributed by atoms with Gasteiger partial charge in [-0.1, -0.05) is 29.8 Å². The van der Waals surface area contributed by atoms with E-state index < -0.39 is 0 Å². The molecular weight excluding hydrogens is 420 g/mol. The molecular formula is C25H32N4O4. The summed E-state index contributed by atoms with van der Waals surface area (Å²) in [6.45, 7) is 5.43. The van der Waals surface area contributed by atoms with Crippen molar-refractivity contribution in [2.24, 2.45) is 0 Å². The highest BCUT2D eigenvalue weighted by molar-refractivity contribution is 5.89. The van der Waals surface area contributed by atoms with Crippen LogP contribution in [0, 0.1) is 6.92 Å². The molecule has 8 nitrogen and oxygen atoms in total. The van der Waals surface area contributed by atoms with Crippen LogP contribution in [-0.4, -0.2) is 73.2 Å². The maximum absolute atomic E-state index is 13.0. The van der Waals surface area contributed by atoms with Crippen molar-refractivity contribution in [3.63, 3.8) is 0 Å². The fourth-order valence-corrected chi connectivity index (χ4v) is 4.61. The maximum atomic E-state index is 13.0. The van der Waals surface area contributed by atoms with Gasteiger partial charge in [-0.05, 0) is 37.5 Å². The van der Waals surface area contributed by atoms with Gasteiger partial charge in [0.1, 0.15) is 0 Å². The van der Waals surface area contributed by atoms with E-state index in [1.54, 1.807) is 37.3 Å². The summed E-state index contributed by atoms with van der Waals surface area (Å²) in [6.07, 6.45) is 1.56. The Morgan fingerprint density at radius 2 is 1.76 bits per heavy atom. The van der Waals surface area contributed by atoms with Crippen LogP contribution in [0.4, 0.5) is 15.3 Å². The van der Waals surface area contributed by atoms with E-state index in [2.05, 4.69) is 30.4 Å². The number of urea groups is 2. The lowest BCUT2D eigenvalue weighted by Crippen LogP contribution is -2.49. The van der Waals surface area contributed by atoms with E-state index in [-0.39, 0.29) is 18.1 Å². The third-order valence-electron chi connectivity index (χ3n) is 6.41. The molecule has 2 heterocycles. The topological polar surface area (TPSA) is 74.4 Å². The number of carbonyl (C=O) groups is 2. The Bertz CT molecular complexity index is 1000. The Labute approximate surface area is 195 Å². The molecule has 0 saturated carbocycles. The van der Waals surface area contributed by atoms with Crippen molar-refractivity contribution in [2.75, 3.05) is 45.7 Å². The second-order valence-corrected chi connectivity index (χ2v) is 8.60. The molecule has 0 spiro atoms. The first-order valence-corrected chi connectivity index (χ1v) is 11.4. The second-order valence-electron chi connectivity index (χ2n) is 8.60. The van der Waals surface area contributed by atoms with Crippen LogP contribution in [0.1, 0.15) is 24.0 Å². The van der Waals surface area contributed by atoms with Gasteiger partial charge in [0.25, 0.3) is 0 Å². The number of likely N-dealkylation sites (tertiary alicyclic amines) is 1. The van der Waals surface area contributed by atoms with E-state index in [9.17, 15) is 9.59 Å². The molecule has 0 atom stereocenters. The van der Waals surface area contributed by atoms with Crippen LogP contribution < -0.4 is 14.8 Å². The molecule has 0 aromatic heterocycles. The van der Waals surface area contributed by atoms with Gasteiger partial charge in [-0.25, -0.2) is 9.59 Å². The van der Waals surface area contributed by atoms with Crippen molar-refractivity contribution in [1.82, 2.24) is 14.7 Å². The van der Waals surface area contributed by atoms with Gasteiger partial charge >= 0.3 is 12.1 Å². The highest BCUT2D eigenvalue weighted by atomic mass is 16.5. The summed E-state index contributed by atoms with van der Waals surface area (Å²) in [6, 6.07) is 13.7. The van der Waals surface area contributed by atoms with Gasteiger partial charge in [0.05, 0.1) is 14.2 Å². The highest BCUT2D eigenvalue weighted by Crippen LogP contribution is 2.30. The Balaban J connectivity index is 1.29. The minimum absolute atomic E-state index is 0.102. The predicted molar refractivity (Wildman–Crippen MR) is 127 cm³/mol. The number of hydrogen-bond donors (Lipinski definition) is 1. The zero-order valence-corrected chi connectivity index (χ0v) is 19.5. The van der Waals surface area contributed by atoms with Gasteiger partial charge in [-0.15, -0.1) is 0 Å². The van der Waals surface area contributed by atoms with Crippen molar-refractivity contribution in [1.29, 1.82) is 0 Å². The molecule has 2 fully saturated rings. The average Bonchev–Trinajstić information content (AvgIpc) is 3.19. The molecule has 4 rings (SSSR count). The van der Waals surface area contributed by atoms with Gasteiger partial charge in [0.2, 0.25) is 0 Å². The van der Waals surface area contributed by atoms with E-state index >= 15 is 0 Å². The largest absolute Gasteiger partial charge is 0.493 e. The summed E-state index contributed by atoms with van der Waals surface area (Å²) in [5, 5.41) is 2.93. The molecule has 0 bridgehead atoms. The van der Waals surface area contributed by atoms with Gasteiger partial charge in [0, 0.05) is 50.5 Å². The van der Waals surface area contributed by atoms with E-state index in [0.717, 1.165) is 31.5 Å². The number of amides is 4. The molecule has 176 valence electrons. The second kappa shape index (κ2) is 10.0. The van der Waals surface area contributed by atoms with E-state index in [1.807, 2.05) is 15.9 Å². The summed E-state index contributed by atoms with van der Waals surface area (Å²) >= 11 is 0. The quantitative estimate of drug-likeness (QED) is 0.720. The van der Waals surface area contributed by atoms with Crippen molar-refractivity contribution in [3.8, 4) is 11.5 Å². The van der Waals surface area contributed by atoms with Gasteiger partial charge in [-0.2, -0.15) is 0 Å². The van der Waals surface area contributed by atoms with Crippen molar-refractivity contribution < 1.29 is 19.1 Å². The number of piperidine rings is 1. The standard InChI is InChI=1S/C25H32N4O4/c1-18-5-4-6-19(15-18)17-28-13-14-29(25(28)31)21-9-11-27(12-10-21)24(30)26-20-7-8-22(32-2)23(16-20)33-3/h4-8,15-16,21H,9-14,17H2,1-3H3,(H,26,30). The average molecular weight is 453 g/mol. The molecule has 33 heavy (non-hydrogen) atoms. The molecule has 0 unspecified atom stereocenters. The van der Waals surface area contributed by atoms with Crippen LogP contribution >= 0.6 is 0 Å². The third-order valence-corrected chi connectivity index (χ3v) is 6.41. The summed E-state index contributed by atoms with van der Waals surface area (Å²) in [7, 11) is 3.14. The van der Waals surface area contributed by atoms with Crippen molar-refractivity contribution >= 4 is 17.7 Å². The zero-order valence-electron chi connectivity index (χ0n) is 19.5. The summed E-state index contributed by atoms with van der Waals surface area (Å²) in [5.41, 5.74) is 3.02. The predicted octanol–water partition coefficient (Wildman–Crippen LogP) is 3.95. The number of rotatable bonds is 6. The number of ether oxygens (including phenoxy) is 2. The zero-order chi connectivity index (χ0) is 23.4. The first-order chi connectivity index (χ1) is 16.0. The molecule has 2 aliphatic heterocycles. The fourth-order valence-electron chi connectivity index (χ4n) is 4.61. The summed E-state index contributed by atoms with van der Waals surface area (Å²) in [5.74, 6) is 1.18. The van der Waals surface area contributed by atoms with E-state index in [4.69, 9.17) is 9.47 Å². The van der Waals surface area contributed by atoms with E-state index in [1.165, 1.54) is 5.56 Å². The molecule has 2 aromatic rings. The van der Waals surface area contributed by atoms with Crippen LogP contribution in [0.25, 0.3) is 0 Å². The Morgan fingerprint density at radius 3 is 2.45 bits per heavy atom. The Morgan fingerprint density at radius 1 is 1.00 bits per heavy atom. The van der Waals surface area contributed by atoms with Crippen LogP contribution in [-0.2, 0) is 6.54 Å². The third kappa shape index (κ3) is 5.16. The first-order valence-electron chi connectivity index (χ1n) is 11.4. The lowest BCUT2D eigenvalue weighted by Gasteiger charge is -2.36. The molecule has 1 N–H and O–H groups in total. The number of hydrogen-bond acceptors (Lipinski definition) is 4. The minimum atomic E-state index is -0.144. The van der Waals surface area contributed by atoms with Gasteiger partial charge in [0.15, 0.2) is 11.5 Å². The maximum Gasteiger partial charge on any atom is 0.321 e. The van der Waals surface area contributed by atoms with Crippen molar-refractivity contribution in [3.05, 3.63) is 53.6 Å². The first kappa shape index (κ1) is 22.8. The van der Waals surface area contributed by atoms with Crippen LogP contribution in [0.2, 0.25) is 0 Å². The van der Waals surface area contributed by atoms with Crippen LogP contribution in [0.3, 0.4) is 0 Å². The monoisotopic (exact) mass is 452 g/mol. The lowest BCUT2D eigenvalue weighted by atomic mass is 10.0. The smallest absolute Gasteiger partial charge is 0.321 e. The number of anilines is 1. The Hall–Kier alpha value is -3.42. The van der Waals surface area contributed by atoms with Gasteiger partial charge in [-0.3, -0.25) is 0 Å². The highest BCUT2D eigenvalue weighted by Gasteiger charge is 2.36. The number of aryl methyl sites for hydroxylation is 1. The molecule has 0 aliphatic carbocycles. The fraction of sp³-hybridized carbons (Fsp3) is 0.440. The number of benzene rings is 2. The van der Waals surface area contributed by atoms with Crippen LogP contribution in [0.5, 0.6) is 11.5 Å². The molecule has 8 heteroatoms. The Kier molecular flexibility index (Phi) is 6.91. The van der Waals surface area contributed by atoms with Crippen LogP contribution in [0.15, 0.2) is 42.5 Å². The molecule has 2 aromatic carbocycles. The summed E-state index contributed by atoms with van der Waals surface area (Å²) in [4.78, 5) is 31.5. The SMILES string of the molecule is COc1ccc(NC(=O)N2CCC(N3CCN(Cc4cccc(C)c4)C3=O)CC2)cc1OC. The summed E-state index contributed by atoms with van der Waals surface area (Å²) < 4.78 is 10.5. The van der Waals surface area contributed by atoms with E-state index in [0.29, 0.717) is 36.8 Å². The van der Waals surface area contributed by atoms with Crippen molar-refractivity contribution in [2.45, 2.75) is 32.4 Å². The number of methoxy groups -OCH3 is 2. The molecule has 4 amide bonds. The lowest BCUT2D eigenvalue weighted by molar-refractivity contribution is 0.139. The number of carbonyl (C=O) groups excluding carboxylic acids is 2. The number of nitrogens with zero attached hydrogens (tertiary/aromatic N) is 3. The molecule has 2 saturated heterocycles.